The highest BCUT2D eigenvalue weighted by Gasteiger charge is 2.04. The Morgan fingerprint density at radius 2 is 1.93 bits per heavy atom. The molecule has 0 spiro atoms. The lowest BCUT2D eigenvalue weighted by molar-refractivity contribution is 0.101. The fourth-order valence-electron chi connectivity index (χ4n) is 1.22. The van der Waals surface area contributed by atoms with E-state index in [1.165, 1.54) is 0 Å². The van der Waals surface area contributed by atoms with Gasteiger partial charge in [-0.15, -0.1) is 0 Å². The Hall–Kier alpha value is -1.30. The van der Waals surface area contributed by atoms with Gasteiger partial charge in [0.05, 0.1) is 0 Å². The first-order chi connectivity index (χ1) is 7.25. The molecule has 4 heteroatoms. The van der Waals surface area contributed by atoms with E-state index in [9.17, 15) is 4.79 Å². The molecule has 1 N–H and O–H groups in total. The van der Waals surface area contributed by atoms with E-state index in [1.807, 2.05) is 30.3 Å². The number of amides is 1. The second-order valence-electron chi connectivity index (χ2n) is 3.04. The average Bonchev–Trinajstić information content (AvgIpc) is 2.70. The number of hydrogen-bond donors (Lipinski definition) is 1. The summed E-state index contributed by atoms with van der Waals surface area (Å²) in [5, 5.41) is 0. The molecular weight excluding hydrogens is 303 g/mol. The molecule has 0 saturated carbocycles. The third kappa shape index (κ3) is 2.59. The van der Waals surface area contributed by atoms with Gasteiger partial charge in [0, 0.05) is 21.5 Å². The number of aromatic nitrogens is 1. The maximum Gasteiger partial charge on any atom is 0.270 e. The first-order valence-electron chi connectivity index (χ1n) is 4.45. The highest BCUT2D eigenvalue weighted by Crippen LogP contribution is 2.07. The van der Waals surface area contributed by atoms with E-state index in [1.54, 1.807) is 23.1 Å². The maximum atomic E-state index is 11.7. The molecule has 2 aromatic rings. The lowest BCUT2D eigenvalue weighted by Gasteiger charge is -2.05. The van der Waals surface area contributed by atoms with E-state index in [4.69, 9.17) is 0 Å². The van der Waals surface area contributed by atoms with Crippen LogP contribution in [0.3, 0.4) is 0 Å². The van der Waals surface area contributed by atoms with E-state index in [2.05, 4.69) is 28.0 Å². The molecule has 15 heavy (non-hydrogen) atoms. The Bertz CT molecular complexity index is 465. The van der Waals surface area contributed by atoms with Crippen LogP contribution >= 0.6 is 22.6 Å². The minimum absolute atomic E-state index is 0.107. The molecular formula is C11H9IN2O. The summed E-state index contributed by atoms with van der Waals surface area (Å²) in [4.78, 5) is 11.7. The number of halogens is 1. The quantitative estimate of drug-likeness (QED) is 0.849. The molecule has 0 bridgehead atoms. The van der Waals surface area contributed by atoms with Crippen LogP contribution in [-0.4, -0.2) is 10.6 Å². The van der Waals surface area contributed by atoms with Crippen LogP contribution in [0.2, 0.25) is 0 Å². The minimum Gasteiger partial charge on any atom is -0.268 e. The number of carbonyl (C=O) groups excluding carboxylic acids is 1. The van der Waals surface area contributed by atoms with Crippen molar-refractivity contribution in [2.75, 3.05) is 5.43 Å². The van der Waals surface area contributed by atoms with Crippen LogP contribution in [-0.2, 0) is 0 Å². The maximum absolute atomic E-state index is 11.7. The number of hydrogen-bond acceptors (Lipinski definition) is 1. The fourth-order valence-corrected chi connectivity index (χ4v) is 1.76. The molecule has 0 saturated heterocycles. The van der Waals surface area contributed by atoms with Crippen LogP contribution in [0.15, 0.2) is 48.8 Å². The van der Waals surface area contributed by atoms with E-state index >= 15 is 0 Å². The Kier molecular flexibility index (Phi) is 3.05. The second-order valence-corrected chi connectivity index (χ2v) is 4.29. The van der Waals surface area contributed by atoms with Crippen molar-refractivity contribution in [3.63, 3.8) is 0 Å². The summed E-state index contributed by atoms with van der Waals surface area (Å²) in [6.07, 6.45) is 3.57. The van der Waals surface area contributed by atoms with Crippen LogP contribution in [0, 0.1) is 3.57 Å². The van der Waals surface area contributed by atoms with Gasteiger partial charge in [-0.1, -0.05) is 6.07 Å². The van der Waals surface area contributed by atoms with Gasteiger partial charge in [-0.25, -0.2) is 0 Å². The Balaban J connectivity index is 2.15. The summed E-state index contributed by atoms with van der Waals surface area (Å²) < 4.78 is 2.68. The zero-order chi connectivity index (χ0) is 10.7. The van der Waals surface area contributed by atoms with Gasteiger partial charge in [0.2, 0.25) is 0 Å². The number of benzene rings is 1. The van der Waals surface area contributed by atoms with Crippen molar-refractivity contribution in [3.05, 3.63) is 57.9 Å². The number of nitrogens with zero attached hydrogens (tertiary/aromatic N) is 1. The average molecular weight is 312 g/mol. The van der Waals surface area contributed by atoms with Crippen molar-refractivity contribution in [2.45, 2.75) is 0 Å². The van der Waals surface area contributed by atoms with E-state index in [0.717, 1.165) is 3.57 Å². The molecule has 76 valence electrons. The summed E-state index contributed by atoms with van der Waals surface area (Å²) in [7, 11) is 0. The summed E-state index contributed by atoms with van der Waals surface area (Å²) in [5.74, 6) is -0.107. The first kappa shape index (κ1) is 10.2. The number of nitrogens with one attached hydrogen (secondary N) is 1. The monoisotopic (exact) mass is 312 g/mol. The van der Waals surface area contributed by atoms with Crippen molar-refractivity contribution in [1.29, 1.82) is 0 Å². The molecule has 0 aliphatic carbocycles. The fraction of sp³-hybridized carbons (Fsp3) is 0. The van der Waals surface area contributed by atoms with Crippen molar-refractivity contribution in [2.24, 2.45) is 0 Å². The van der Waals surface area contributed by atoms with Gasteiger partial charge in [0.1, 0.15) is 0 Å². The zero-order valence-corrected chi connectivity index (χ0v) is 10.0. The molecule has 1 aromatic carbocycles. The lowest BCUT2D eigenvalue weighted by atomic mass is 10.2. The number of rotatable bonds is 2. The smallest absolute Gasteiger partial charge is 0.268 e. The SMILES string of the molecule is O=C(Nn1cccc1)c1cccc(I)c1. The molecule has 0 aliphatic rings. The van der Waals surface area contributed by atoms with Crippen LogP contribution < -0.4 is 5.43 Å². The Labute approximate surface area is 101 Å². The standard InChI is InChI=1S/C11H9IN2O/c12-10-5-3-4-9(8-10)11(15)13-14-6-1-2-7-14/h1-8H,(H,13,15). The summed E-state index contributed by atoms with van der Waals surface area (Å²) in [6.45, 7) is 0. The zero-order valence-electron chi connectivity index (χ0n) is 7.85. The molecule has 0 radical (unpaired) electrons. The predicted molar refractivity (Wildman–Crippen MR) is 67.3 cm³/mol. The van der Waals surface area contributed by atoms with Crippen molar-refractivity contribution in [3.8, 4) is 0 Å². The van der Waals surface area contributed by atoms with Gasteiger partial charge in [-0.2, -0.15) is 0 Å². The van der Waals surface area contributed by atoms with E-state index < -0.39 is 0 Å². The highest BCUT2D eigenvalue weighted by atomic mass is 127. The molecule has 1 aromatic heterocycles. The molecule has 1 heterocycles. The largest absolute Gasteiger partial charge is 0.270 e. The van der Waals surface area contributed by atoms with E-state index in [-0.39, 0.29) is 5.91 Å². The predicted octanol–water partition coefficient (Wildman–Crippen LogP) is 2.48. The van der Waals surface area contributed by atoms with Gasteiger partial charge < -0.3 is 0 Å². The molecule has 0 atom stereocenters. The van der Waals surface area contributed by atoms with E-state index in [0.29, 0.717) is 5.56 Å². The van der Waals surface area contributed by atoms with Gasteiger partial charge in [-0.3, -0.25) is 14.9 Å². The van der Waals surface area contributed by atoms with Gasteiger partial charge in [0.15, 0.2) is 0 Å². The van der Waals surface area contributed by atoms with Gasteiger partial charge in [0.25, 0.3) is 5.91 Å². The highest BCUT2D eigenvalue weighted by molar-refractivity contribution is 14.1. The molecule has 1 amide bonds. The second kappa shape index (κ2) is 4.48. The number of carbonyl (C=O) groups is 1. The molecule has 0 aliphatic heterocycles. The van der Waals surface area contributed by atoms with Crippen molar-refractivity contribution >= 4 is 28.5 Å². The van der Waals surface area contributed by atoms with Crippen molar-refractivity contribution < 1.29 is 4.79 Å². The normalized spacial score (nSPS) is 9.93. The molecule has 0 unspecified atom stereocenters. The van der Waals surface area contributed by atoms with Crippen molar-refractivity contribution in [1.82, 2.24) is 4.68 Å². The lowest BCUT2D eigenvalue weighted by Crippen LogP contribution is -2.21. The summed E-state index contributed by atoms with van der Waals surface area (Å²) >= 11 is 2.18. The first-order valence-corrected chi connectivity index (χ1v) is 5.53. The van der Waals surface area contributed by atoms with Crippen LogP contribution in [0.25, 0.3) is 0 Å². The van der Waals surface area contributed by atoms with Gasteiger partial charge >= 0.3 is 0 Å². The molecule has 0 fully saturated rings. The summed E-state index contributed by atoms with van der Waals surface area (Å²) in [5.41, 5.74) is 3.40. The topological polar surface area (TPSA) is 34.0 Å². The minimum atomic E-state index is -0.107. The van der Waals surface area contributed by atoms with Crippen LogP contribution in [0.4, 0.5) is 0 Å². The Morgan fingerprint density at radius 3 is 2.60 bits per heavy atom. The summed E-state index contributed by atoms with van der Waals surface area (Å²) in [6, 6.07) is 11.2. The van der Waals surface area contributed by atoms with Crippen LogP contribution in [0.1, 0.15) is 10.4 Å². The third-order valence-electron chi connectivity index (χ3n) is 1.92. The molecule has 2 rings (SSSR count). The third-order valence-corrected chi connectivity index (χ3v) is 2.59. The Morgan fingerprint density at radius 1 is 1.20 bits per heavy atom. The molecule has 3 nitrogen and oxygen atoms in total. The van der Waals surface area contributed by atoms with Crippen LogP contribution in [0.5, 0.6) is 0 Å². The van der Waals surface area contributed by atoms with Gasteiger partial charge in [-0.05, 0) is 52.9 Å².